The third kappa shape index (κ3) is 2.52. The number of carbonyl (C=O) groups is 4. The van der Waals surface area contributed by atoms with Gasteiger partial charge in [-0.2, -0.15) is 0 Å². The molecule has 0 spiro atoms. The fourth-order valence-electron chi connectivity index (χ4n) is 2.24. The summed E-state index contributed by atoms with van der Waals surface area (Å²) in [6, 6.07) is 6.49. The Morgan fingerprint density at radius 3 is 2.05 bits per heavy atom. The molecule has 1 aromatic carbocycles. The molecule has 0 bridgehead atoms. The van der Waals surface area contributed by atoms with Crippen molar-refractivity contribution in [3.63, 3.8) is 0 Å². The lowest BCUT2D eigenvalue weighted by Crippen LogP contribution is -2.37. The van der Waals surface area contributed by atoms with E-state index < -0.39 is 17.7 Å². The van der Waals surface area contributed by atoms with Gasteiger partial charge in [0.15, 0.2) is 5.78 Å². The predicted octanol–water partition coefficient (Wildman–Crippen LogP) is 1.47. The minimum absolute atomic E-state index is 0.0896. The van der Waals surface area contributed by atoms with Crippen molar-refractivity contribution >= 4 is 23.4 Å². The van der Waals surface area contributed by atoms with Gasteiger partial charge in [0.2, 0.25) is 0 Å². The largest absolute Gasteiger partial charge is 0.300 e. The number of imide groups is 1. The summed E-state index contributed by atoms with van der Waals surface area (Å²) >= 11 is 0. The van der Waals surface area contributed by atoms with E-state index in [-0.39, 0.29) is 24.5 Å². The van der Waals surface area contributed by atoms with Crippen LogP contribution in [0.1, 0.15) is 41.0 Å². The van der Waals surface area contributed by atoms with Crippen LogP contribution in [0, 0.1) is 5.92 Å². The van der Waals surface area contributed by atoms with Gasteiger partial charge in [-0.1, -0.05) is 19.1 Å². The van der Waals surface area contributed by atoms with Crippen molar-refractivity contribution in [2.75, 3.05) is 6.54 Å². The summed E-state index contributed by atoms with van der Waals surface area (Å²) in [7, 11) is 0. The average Bonchev–Trinajstić information content (AvgIpc) is 2.64. The Labute approximate surface area is 116 Å². The number of fused-ring (bicyclic) bond motifs is 1. The smallest absolute Gasteiger partial charge is 0.261 e. The minimum atomic E-state index is -0.489. The predicted molar refractivity (Wildman–Crippen MR) is 71.3 cm³/mol. The Balaban J connectivity index is 2.13. The number of hydrogen-bond donors (Lipinski definition) is 0. The van der Waals surface area contributed by atoms with Crippen molar-refractivity contribution in [1.29, 1.82) is 0 Å². The Kier molecular flexibility index (Phi) is 3.79. The first-order valence-corrected chi connectivity index (χ1v) is 6.39. The summed E-state index contributed by atoms with van der Waals surface area (Å²) in [4.78, 5) is 48.1. The van der Waals surface area contributed by atoms with Crippen LogP contribution < -0.4 is 0 Å². The molecule has 2 rings (SSSR count). The third-order valence-electron chi connectivity index (χ3n) is 3.34. The van der Waals surface area contributed by atoms with Gasteiger partial charge in [0.1, 0.15) is 5.78 Å². The van der Waals surface area contributed by atoms with Gasteiger partial charge < -0.3 is 4.79 Å². The topological polar surface area (TPSA) is 71.5 Å². The van der Waals surface area contributed by atoms with Crippen molar-refractivity contribution in [1.82, 2.24) is 4.90 Å². The van der Waals surface area contributed by atoms with E-state index >= 15 is 0 Å². The molecule has 104 valence electrons. The van der Waals surface area contributed by atoms with E-state index in [4.69, 9.17) is 0 Å². The van der Waals surface area contributed by atoms with Gasteiger partial charge in [0.25, 0.3) is 11.8 Å². The van der Waals surface area contributed by atoms with Gasteiger partial charge in [0.05, 0.1) is 17.7 Å². The highest BCUT2D eigenvalue weighted by Crippen LogP contribution is 2.22. The number of rotatable bonds is 5. The summed E-state index contributed by atoms with van der Waals surface area (Å²) in [5.41, 5.74) is 0.647. The van der Waals surface area contributed by atoms with Crippen molar-refractivity contribution in [2.45, 2.75) is 20.3 Å². The lowest BCUT2D eigenvalue weighted by molar-refractivity contribution is -0.126. The van der Waals surface area contributed by atoms with Gasteiger partial charge >= 0.3 is 0 Å². The first kappa shape index (κ1) is 14.1. The zero-order chi connectivity index (χ0) is 14.9. The Morgan fingerprint density at radius 2 is 1.60 bits per heavy atom. The quantitative estimate of drug-likeness (QED) is 0.761. The summed E-state index contributed by atoms with van der Waals surface area (Å²) in [6.45, 7) is 2.76. The normalized spacial score (nSPS) is 15.2. The molecule has 0 saturated heterocycles. The van der Waals surface area contributed by atoms with Crippen LogP contribution in [-0.2, 0) is 9.59 Å². The van der Waals surface area contributed by atoms with Crippen LogP contribution in [0.25, 0.3) is 0 Å². The van der Waals surface area contributed by atoms with Crippen LogP contribution in [0.2, 0.25) is 0 Å². The molecular weight excluding hydrogens is 258 g/mol. The molecule has 1 aliphatic rings. The lowest BCUT2D eigenvalue weighted by atomic mass is 10.00. The van der Waals surface area contributed by atoms with E-state index in [1.807, 2.05) is 0 Å². The van der Waals surface area contributed by atoms with E-state index in [1.165, 1.54) is 6.92 Å². The molecule has 20 heavy (non-hydrogen) atoms. The molecule has 0 radical (unpaired) electrons. The highest BCUT2D eigenvalue weighted by atomic mass is 16.2. The van der Waals surface area contributed by atoms with Crippen LogP contribution in [-0.4, -0.2) is 34.8 Å². The number of amides is 2. The maximum absolute atomic E-state index is 12.1. The minimum Gasteiger partial charge on any atom is -0.300 e. The molecule has 1 unspecified atom stereocenters. The molecule has 0 fully saturated rings. The SMILES string of the molecule is CC(=O)CC(C)C(=O)CN1C(=O)c2ccccc2C1=O. The third-order valence-corrected chi connectivity index (χ3v) is 3.34. The summed E-state index contributed by atoms with van der Waals surface area (Å²) < 4.78 is 0. The Bertz CT molecular complexity index is 571. The molecule has 1 aromatic rings. The molecule has 1 heterocycles. The average molecular weight is 273 g/mol. The number of benzene rings is 1. The second-order valence-corrected chi connectivity index (χ2v) is 5.02. The van der Waals surface area contributed by atoms with Gasteiger partial charge in [0, 0.05) is 12.3 Å². The summed E-state index contributed by atoms with van der Waals surface area (Å²) in [5.74, 6) is -1.76. The van der Waals surface area contributed by atoms with Crippen molar-refractivity contribution in [3.05, 3.63) is 35.4 Å². The molecule has 5 heteroatoms. The number of ketones is 2. The number of nitrogens with zero attached hydrogens (tertiary/aromatic N) is 1. The molecule has 1 aliphatic heterocycles. The van der Waals surface area contributed by atoms with Crippen LogP contribution >= 0.6 is 0 Å². The first-order valence-electron chi connectivity index (χ1n) is 6.39. The molecule has 0 N–H and O–H groups in total. The molecule has 5 nitrogen and oxygen atoms in total. The van der Waals surface area contributed by atoms with Crippen LogP contribution in [0.5, 0.6) is 0 Å². The molecule has 1 atom stereocenters. The van der Waals surface area contributed by atoms with Gasteiger partial charge in [-0.25, -0.2) is 0 Å². The monoisotopic (exact) mass is 273 g/mol. The zero-order valence-corrected chi connectivity index (χ0v) is 11.4. The highest BCUT2D eigenvalue weighted by Gasteiger charge is 2.36. The molecule has 2 amide bonds. The second-order valence-electron chi connectivity index (χ2n) is 5.02. The van der Waals surface area contributed by atoms with Crippen molar-refractivity contribution in [3.8, 4) is 0 Å². The molecule has 0 aliphatic carbocycles. The fourth-order valence-corrected chi connectivity index (χ4v) is 2.24. The van der Waals surface area contributed by atoms with Gasteiger partial charge in [-0.3, -0.25) is 19.3 Å². The summed E-state index contributed by atoms with van der Waals surface area (Å²) in [5, 5.41) is 0. The van der Waals surface area contributed by atoms with Gasteiger partial charge in [-0.15, -0.1) is 0 Å². The molecular formula is C15H15NO4. The van der Waals surface area contributed by atoms with E-state index in [0.29, 0.717) is 11.1 Å². The first-order chi connectivity index (χ1) is 9.41. The van der Waals surface area contributed by atoms with E-state index in [2.05, 4.69) is 0 Å². The van der Waals surface area contributed by atoms with Crippen LogP contribution in [0.3, 0.4) is 0 Å². The van der Waals surface area contributed by atoms with Crippen LogP contribution in [0.4, 0.5) is 0 Å². The Hall–Kier alpha value is -2.30. The van der Waals surface area contributed by atoms with Crippen molar-refractivity contribution in [2.24, 2.45) is 5.92 Å². The van der Waals surface area contributed by atoms with Gasteiger partial charge in [-0.05, 0) is 19.1 Å². The molecule has 0 saturated carbocycles. The maximum Gasteiger partial charge on any atom is 0.261 e. The summed E-state index contributed by atoms with van der Waals surface area (Å²) in [6.07, 6.45) is 0.127. The van der Waals surface area contributed by atoms with Crippen molar-refractivity contribution < 1.29 is 19.2 Å². The standard InChI is InChI=1S/C15H15NO4/c1-9(7-10(2)17)13(18)8-16-14(19)11-5-3-4-6-12(11)15(16)20/h3-6,9H,7-8H2,1-2H3. The van der Waals surface area contributed by atoms with E-state index in [0.717, 1.165) is 4.90 Å². The number of hydrogen-bond acceptors (Lipinski definition) is 4. The number of Topliss-reactive ketones (excluding diaryl/α,β-unsaturated/α-hetero) is 2. The lowest BCUT2D eigenvalue weighted by Gasteiger charge is -2.15. The molecule has 0 aromatic heterocycles. The maximum atomic E-state index is 12.1. The zero-order valence-electron chi connectivity index (χ0n) is 11.4. The number of carbonyl (C=O) groups excluding carboxylic acids is 4. The highest BCUT2D eigenvalue weighted by molar-refractivity contribution is 6.22. The second kappa shape index (κ2) is 5.36. The Morgan fingerprint density at radius 1 is 1.10 bits per heavy atom. The van der Waals surface area contributed by atoms with Crippen LogP contribution in [0.15, 0.2) is 24.3 Å². The fraction of sp³-hybridized carbons (Fsp3) is 0.333. The van der Waals surface area contributed by atoms with E-state index in [1.54, 1.807) is 31.2 Å². The van der Waals surface area contributed by atoms with E-state index in [9.17, 15) is 19.2 Å².